The van der Waals surface area contributed by atoms with Crippen LogP contribution < -0.4 is 0 Å². The van der Waals surface area contributed by atoms with E-state index in [1.165, 1.54) is 5.56 Å². The van der Waals surface area contributed by atoms with Crippen molar-refractivity contribution < 1.29 is 5.11 Å². The Balaban J connectivity index is 1.56. The van der Waals surface area contributed by atoms with Gasteiger partial charge in [-0.3, -0.25) is 4.90 Å². The van der Waals surface area contributed by atoms with E-state index in [4.69, 9.17) is 11.6 Å². The van der Waals surface area contributed by atoms with Crippen LogP contribution in [0.25, 0.3) is 12.2 Å². The average molecular weight is 378 g/mol. The van der Waals surface area contributed by atoms with E-state index in [9.17, 15) is 5.11 Å². The SMILES string of the molecule is CN(Cc1ccccc1)CC(O)c1ccc(C=Cc2ccc(Cl)cc2)cc1. The zero-order valence-electron chi connectivity index (χ0n) is 15.4. The second-order valence-corrected chi connectivity index (χ2v) is 7.19. The van der Waals surface area contributed by atoms with Gasteiger partial charge in [-0.15, -0.1) is 0 Å². The first-order chi connectivity index (χ1) is 13.1. The van der Waals surface area contributed by atoms with Crippen molar-refractivity contribution in [2.24, 2.45) is 0 Å². The van der Waals surface area contributed by atoms with Gasteiger partial charge in [0.15, 0.2) is 0 Å². The number of nitrogens with zero attached hydrogens (tertiary/aromatic N) is 1. The summed E-state index contributed by atoms with van der Waals surface area (Å²) in [5.41, 5.74) is 4.37. The molecule has 0 fully saturated rings. The van der Waals surface area contributed by atoms with Crippen molar-refractivity contribution in [2.75, 3.05) is 13.6 Å². The summed E-state index contributed by atoms with van der Waals surface area (Å²) < 4.78 is 0. The zero-order valence-corrected chi connectivity index (χ0v) is 16.2. The Morgan fingerprint density at radius 3 is 2.00 bits per heavy atom. The molecule has 138 valence electrons. The standard InChI is InChI=1S/C24H24ClNO/c1-26(17-21-5-3-2-4-6-21)18-24(27)22-13-9-19(10-14-22)7-8-20-11-15-23(25)16-12-20/h2-16,24,27H,17-18H2,1H3. The lowest BCUT2D eigenvalue weighted by molar-refractivity contribution is 0.124. The maximum Gasteiger partial charge on any atom is 0.0916 e. The molecule has 0 spiro atoms. The summed E-state index contributed by atoms with van der Waals surface area (Å²) in [6.07, 6.45) is 3.60. The lowest BCUT2D eigenvalue weighted by Crippen LogP contribution is -2.24. The molecule has 0 radical (unpaired) electrons. The van der Waals surface area contributed by atoms with Crippen molar-refractivity contribution in [3.05, 3.63) is 106 Å². The predicted molar refractivity (Wildman–Crippen MR) is 115 cm³/mol. The molecule has 27 heavy (non-hydrogen) atoms. The minimum Gasteiger partial charge on any atom is -0.387 e. The number of aliphatic hydroxyl groups excluding tert-OH is 1. The molecule has 3 aromatic rings. The van der Waals surface area contributed by atoms with Crippen LogP contribution in [0, 0.1) is 0 Å². The number of rotatable bonds is 7. The first kappa shape index (κ1) is 19.4. The van der Waals surface area contributed by atoms with Crippen LogP contribution in [0.2, 0.25) is 5.02 Å². The van der Waals surface area contributed by atoms with E-state index in [-0.39, 0.29) is 0 Å². The number of likely N-dealkylation sites (N-methyl/N-ethyl adjacent to an activating group) is 1. The Morgan fingerprint density at radius 2 is 1.41 bits per heavy atom. The molecule has 1 atom stereocenters. The largest absolute Gasteiger partial charge is 0.387 e. The fourth-order valence-corrected chi connectivity index (χ4v) is 3.08. The van der Waals surface area contributed by atoms with E-state index >= 15 is 0 Å². The van der Waals surface area contributed by atoms with Crippen LogP contribution in [0.15, 0.2) is 78.9 Å². The molecule has 2 nitrogen and oxygen atoms in total. The van der Waals surface area contributed by atoms with Gasteiger partial charge in [0.2, 0.25) is 0 Å². The van der Waals surface area contributed by atoms with Crippen LogP contribution in [0.5, 0.6) is 0 Å². The number of benzene rings is 3. The lowest BCUT2D eigenvalue weighted by Gasteiger charge is -2.21. The van der Waals surface area contributed by atoms with Gasteiger partial charge >= 0.3 is 0 Å². The molecule has 1 N–H and O–H groups in total. The minimum absolute atomic E-state index is 0.506. The quantitative estimate of drug-likeness (QED) is 0.536. The van der Waals surface area contributed by atoms with E-state index in [2.05, 4.69) is 29.2 Å². The molecule has 0 aromatic heterocycles. The fourth-order valence-electron chi connectivity index (χ4n) is 2.96. The van der Waals surface area contributed by atoms with Crippen LogP contribution >= 0.6 is 11.6 Å². The summed E-state index contributed by atoms with van der Waals surface area (Å²) in [7, 11) is 2.03. The maximum absolute atomic E-state index is 10.5. The highest BCUT2D eigenvalue weighted by Crippen LogP contribution is 2.18. The summed E-state index contributed by atoms with van der Waals surface area (Å²) >= 11 is 5.91. The Bertz CT molecular complexity index is 857. The van der Waals surface area contributed by atoms with E-state index < -0.39 is 6.10 Å². The highest BCUT2D eigenvalue weighted by Gasteiger charge is 2.10. The van der Waals surface area contributed by atoms with Gasteiger partial charge in [0.05, 0.1) is 6.10 Å². The van der Waals surface area contributed by atoms with Crippen molar-refractivity contribution in [3.8, 4) is 0 Å². The van der Waals surface area contributed by atoms with E-state index in [0.717, 1.165) is 28.3 Å². The highest BCUT2D eigenvalue weighted by atomic mass is 35.5. The van der Waals surface area contributed by atoms with E-state index in [1.54, 1.807) is 0 Å². The van der Waals surface area contributed by atoms with E-state index in [0.29, 0.717) is 6.54 Å². The lowest BCUT2D eigenvalue weighted by atomic mass is 10.1. The van der Waals surface area contributed by atoms with Gasteiger partial charge in [0.1, 0.15) is 0 Å². The summed E-state index contributed by atoms with van der Waals surface area (Å²) in [6, 6.07) is 26.1. The van der Waals surface area contributed by atoms with Gasteiger partial charge in [-0.05, 0) is 41.4 Å². The molecular formula is C24H24ClNO. The van der Waals surface area contributed by atoms with Gasteiger partial charge in [-0.2, -0.15) is 0 Å². The molecule has 0 saturated carbocycles. The maximum atomic E-state index is 10.5. The van der Waals surface area contributed by atoms with Crippen molar-refractivity contribution in [3.63, 3.8) is 0 Å². The molecule has 3 aromatic carbocycles. The molecule has 3 heteroatoms. The van der Waals surface area contributed by atoms with Crippen LogP contribution in [0.3, 0.4) is 0 Å². The van der Waals surface area contributed by atoms with Crippen molar-refractivity contribution >= 4 is 23.8 Å². The van der Waals surface area contributed by atoms with Crippen LogP contribution in [-0.2, 0) is 6.54 Å². The first-order valence-corrected chi connectivity index (χ1v) is 9.42. The van der Waals surface area contributed by atoms with Crippen molar-refractivity contribution in [1.29, 1.82) is 0 Å². The third-order valence-corrected chi connectivity index (χ3v) is 4.69. The molecule has 0 amide bonds. The molecule has 0 heterocycles. The summed E-state index contributed by atoms with van der Waals surface area (Å²) in [5.74, 6) is 0. The molecule has 3 rings (SSSR count). The number of hydrogen-bond donors (Lipinski definition) is 1. The smallest absolute Gasteiger partial charge is 0.0916 e. The molecule has 0 aliphatic rings. The Morgan fingerprint density at radius 1 is 0.852 bits per heavy atom. The Labute approximate surface area is 166 Å². The number of halogens is 1. The van der Waals surface area contributed by atoms with Crippen molar-refractivity contribution in [2.45, 2.75) is 12.6 Å². The first-order valence-electron chi connectivity index (χ1n) is 9.04. The predicted octanol–water partition coefficient (Wildman–Crippen LogP) is 5.68. The molecule has 0 bridgehead atoms. The topological polar surface area (TPSA) is 23.5 Å². The van der Waals surface area contributed by atoms with Gasteiger partial charge < -0.3 is 5.11 Å². The summed E-state index contributed by atoms with van der Waals surface area (Å²) in [5, 5.41) is 11.3. The van der Waals surface area contributed by atoms with Gasteiger partial charge in [0.25, 0.3) is 0 Å². The molecule has 0 aliphatic heterocycles. The molecule has 0 aliphatic carbocycles. The number of aliphatic hydroxyl groups is 1. The highest BCUT2D eigenvalue weighted by molar-refractivity contribution is 6.30. The van der Waals surface area contributed by atoms with Gasteiger partial charge in [-0.1, -0.05) is 90.5 Å². The average Bonchev–Trinajstić information content (AvgIpc) is 2.68. The molecule has 0 saturated heterocycles. The van der Waals surface area contributed by atoms with Crippen LogP contribution in [0.1, 0.15) is 28.4 Å². The fraction of sp³-hybridized carbons (Fsp3) is 0.167. The van der Waals surface area contributed by atoms with Gasteiger partial charge in [0, 0.05) is 18.1 Å². The second kappa shape index (κ2) is 9.52. The molecule has 1 unspecified atom stereocenters. The van der Waals surface area contributed by atoms with Crippen LogP contribution in [0.4, 0.5) is 0 Å². The normalized spacial score (nSPS) is 12.6. The third kappa shape index (κ3) is 6.07. The van der Waals surface area contributed by atoms with Crippen LogP contribution in [-0.4, -0.2) is 23.6 Å². The van der Waals surface area contributed by atoms with Crippen molar-refractivity contribution in [1.82, 2.24) is 4.90 Å². The van der Waals surface area contributed by atoms with E-state index in [1.807, 2.05) is 73.8 Å². The zero-order chi connectivity index (χ0) is 19.1. The second-order valence-electron chi connectivity index (χ2n) is 6.75. The Kier molecular flexibility index (Phi) is 6.83. The molecular weight excluding hydrogens is 354 g/mol. The minimum atomic E-state index is -0.506. The summed E-state index contributed by atoms with van der Waals surface area (Å²) in [4.78, 5) is 2.13. The van der Waals surface area contributed by atoms with Gasteiger partial charge in [-0.25, -0.2) is 0 Å². The third-order valence-electron chi connectivity index (χ3n) is 4.44. The summed E-state index contributed by atoms with van der Waals surface area (Å²) in [6.45, 7) is 1.41. The Hall–Kier alpha value is -2.39. The monoisotopic (exact) mass is 377 g/mol. The number of hydrogen-bond acceptors (Lipinski definition) is 2.